The molecule has 0 amide bonds. The van der Waals surface area contributed by atoms with Crippen molar-refractivity contribution in [1.29, 1.82) is 0 Å². The first-order valence-electron chi connectivity index (χ1n) is 8.87. The zero-order valence-electron chi connectivity index (χ0n) is 15.9. The van der Waals surface area contributed by atoms with Gasteiger partial charge in [0.05, 0.1) is 11.1 Å². The number of benzene rings is 2. The first-order valence-corrected chi connectivity index (χ1v) is 10.4. The zero-order valence-corrected chi connectivity index (χ0v) is 16.7. The zero-order chi connectivity index (χ0) is 19.9. The Hall–Kier alpha value is -2.84. The smallest absolute Gasteiger partial charge is 0.240 e. The van der Waals surface area contributed by atoms with Crippen LogP contribution in [0.1, 0.15) is 5.56 Å². The maximum Gasteiger partial charge on any atom is 0.240 e. The molecule has 1 N–H and O–H groups in total. The second-order valence-electron chi connectivity index (χ2n) is 6.58. The van der Waals surface area contributed by atoms with Crippen LogP contribution in [0.15, 0.2) is 47.6 Å². The van der Waals surface area contributed by atoms with Gasteiger partial charge in [0.15, 0.2) is 11.5 Å². The molecule has 2 aromatic carbocycles. The van der Waals surface area contributed by atoms with Crippen LogP contribution in [0.5, 0.6) is 11.5 Å². The lowest BCUT2D eigenvalue weighted by Gasteiger charge is -2.21. The Morgan fingerprint density at radius 2 is 1.82 bits per heavy atom. The third-order valence-corrected chi connectivity index (χ3v) is 6.38. The van der Waals surface area contributed by atoms with E-state index in [0.717, 1.165) is 22.3 Å². The minimum atomic E-state index is -3.60. The summed E-state index contributed by atoms with van der Waals surface area (Å²) in [6.45, 7) is 2.82. The van der Waals surface area contributed by atoms with E-state index >= 15 is 0 Å². The first-order chi connectivity index (χ1) is 13.4. The summed E-state index contributed by atoms with van der Waals surface area (Å²) in [5.74, 6) is 1.34. The Labute approximate surface area is 164 Å². The molecule has 1 aliphatic heterocycles. The molecule has 0 unspecified atom stereocenters. The molecule has 0 saturated carbocycles. The van der Waals surface area contributed by atoms with E-state index in [-0.39, 0.29) is 4.90 Å². The summed E-state index contributed by atoms with van der Waals surface area (Å²) in [4.78, 5) is 0.243. The highest BCUT2D eigenvalue weighted by Gasteiger charge is 2.22. The van der Waals surface area contributed by atoms with E-state index < -0.39 is 10.0 Å². The number of aryl methyl sites for hydroxylation is 1. The third-order valence-electron chi connectivity index (χ3n) is 4.82. The molecule has 0 radical (unpaired) electrons. The number of fused-ring (bicyclic) bond motifs is 1. The molecule has 0 saturated heterocycles. The van der Waals surface area contributed by atoms with Gasteiger partial charge in [0.1, 0.15) is 13.2 Å². The highest BCUT2D eigenvalue weighted by atomic mass is 32.2. The maximum atomic E-state index is 12.5. The molecule has 2 heterocycles. The summed E-state index contributed by atoms with van der Waals surface area (Å²) in [5.41, 5.74) is 4.14. The Balaban J connectivity index is 1.98. The molecule has 1 aliphatic rings. The van der Waals surface area contributed by atoms with E-state index in [1.54, 1.807) is 16.9 Å². The molecular weight excluding hydrogens is 378 g/mol. The van der Waals surface area contributed by atoms with Crippen LogP contribution in [0.25, 0.3) is 22.3 Å². The van der Waals surface area contributed by atoms with Crippen molar-refractivity contribution in [3.63, 3.8) is 0 Å². The monoisotopic (exact) mass is 399 g/mol. The van der Waals surface area contributed by atoms with Gasteiger partial charge in [-0.25, -0.2) is 13.1 Å². The number of rotatable bonds is 4. The van der Waals surface area contributed by atoms with Gasteiger partial charge in [0.2, 0.25) is 10.0 Å². The number of aromatic nitrogens is 2. The molecule has 0 fully saturated rings. The van der Waals surface area contributed by atoms with Crippen LogP contribution in [-0.2, 0) is 17.1 Å². The Bertz CT molecular complexity index is 1150. The summed E-state index contributed by atoms with van der Waals surface area (Å²) in [7, 11) is -0.340. The summed E-state index contributed by atoms with van der Waals surface area (Å²) in [6, 6.07) is 9.12. The fraction of sp³-hybridized carbons (Fsp3) is 0.250. The van der Waals surface area contributed by atoms with E-state index in [4.69, 9.17) is 9.47 Å². The number of hydrogen-bond donors (Lipinski definition) is 1. The second kappa shape index (κ2) is 6.96. The predicted molar refractivity (Wildman–Crippen MR) is 106 cm³/mol. The summed E-state index contributed by atoms with van der Waals surface area (Å²) < 4.78 is 40.5. The molecule has 4 rings (SSSR count). The fourth-order valence-electron chi connectivity index (χ4n) is 3.47. The van der Waals surface area contributed by atoms with E-state index in [1.807, 2.05) is 44.4 Å². The molecule has 146 valence electrons. The lowest BCUT2D eigenvalue weighted by Crippen LogP contribution is -2.20. The average molecular weight is 399 g/mol. The molecular formula is C20H21N3O4S. The predicted octanol–water partition coefficient (Wildman–Crippen LogP) is 2.74. The SMILES string of the molecule is CNS(=O)(=O)c1ccc(-c2cnn(C)c2)c(-c2ccc3c(c2)OCCO3)c1C. The van der Waals surface area contributed by atoms with E-state index in [0.29, 0.717) is 30.3 Å². The highest BCUT2D eigenvalue weighted by Crippen LogP contribution is 2.41. The minimum Gasteiger partial charge on any atom is -0.486 e. The minimum absolute atomic E-state index is 0.243. The standard InChI is InChI=1S/C20H21N3O4S/c1-13-19(28(24,25)21-2)7-5-16(15-11-22-23(3)12-15)20(13)14-4-6-17-18(10-14)27-9-8-26-17/h4-7,10-12,21H,8-9H2,1-3H3. The molecule has 3 aromatic rings. The van der Waals surface area contributed by atoms with Gasteiger partial charge >= 0.3 is 0 Å². The summed E-state index contributed by atoms with van der Waals surface area (Å²) in [6.07, 6.45) is 3.67. The molecule has 7 nitrogen and oxygen atoms in total. The Kier molecular flexibility index (Phi) is 4.60. The molecule has 0 bridgehead atoms. The lowest BCUT2D eigenvalue weighted by atomic mass is 9.92. The Morgan fingerprint density at radius 3 is 2.50 bits per heavy atom. The van der Waals surface area contributed by atoms with Crippen molar-refractivity contribution < 1.29 is 17.9 Å². The van der Waals surface area contributed by atoms with Gasteiger partial charge in [0, 0.05) is 18.8 Å². The summed E-state index contributed by atoms with van der Waals surface area (Å²) in [5, 5.41) is 4.26. The van der Waals surface area contributed by atoms with Crippen molar-refractivity contribution in [2.24, 2.45) is 7.05 Å². The van der Waals surface area contributed by atoms with Crippen LogP contribution in [0.3, 0.4) is 0 Å². The summed E-state index contributed by atoms with van der Waals surface area (Å²) >= 11 is 0. The molecule has 28 heavy (non-hydrogen) atoms. The number of hydrogen-bond acceptors (Lipinski definition) is 5. The number of nitrogens with zero attached hydrogens (tertiary/aromatic N) is 2. The molecule has 0 aliphatic carbocycles. The second-order valence-corrected chi connectivity index (χ2v) is 8.43. The van der Waals surface area contributed by atoms with Crippen LogP contribution in [0, 0.1) is 6.92 Å². The van der Waals surface area contributed by atoms with E-state index in [2.05, 4.69) is 9.82 Å². The Morgan fingerprint density at radius 1 is 1.07 bits per heavy atom. The van der Waals surface area contributed by atoms with Gasteiger partial charge in [-0.05, 0) is 54.4 Å². The highest BCUT2D eigenvalue weighted by molar-refractivity contribution is 7.89. The number of nitrogens with one attached hydrogen (secondary N) is 1. The van der Waals surface area contributed by atoms with Gasteiger partial charge in [-0.15, -0.1) is 0 Å². The molecule has 1 aromatic heterocycles. The van der Waals surface area contributed by atoms with Crippen LogP contribution in [0.4, 0.5) is 0 Å². The molecule has 8 heteroatoms. The van der Waals surface area contributed by atoms with Crippen LogP contribution >= 0.6 is 0 Å². The maximum absolute atomic E-state index is 12.5. The van der Waals surface area contributed by atoms with Gasteiger partial charge in [-0.2, -0.15) is 5.10 Å². The van der Waals surface area contributed by atoms with Crippen molar-refractivity contribution in [3.8, 4) is 33.8 Å². The molecule has 0 spiro atoms. The van der Waals surface area contributed by atoms with Gasteiger partial charge in [-0.3, -0.25) is 4.68 Å². The number of ether oxygens (including phenoxy) is 2. The van der Waals surface area contributed by atoms with Gasteiger partial charge < -0.3 is 9.47 Å². The largest absolute Gasteiger partial charge is 0.486 e. The van der Waals surface area contributed by atoms with Gasteiger partial charge in [0.25, 0.3) is 0 Å². The van der Waals surface area contributed by atoms with E-state index in [1.165, 1.54) is 7.05 Å². The van der Waals surface area contributed by atoms with Crippen LogP contribution in [0.2, 0.25) is 0 Å². The van der Waals surface area contributed by atoms with E-state index in [9.17, 15) is 8.42 Å². The van der Waals surface area contributed by atoms with Crippen molar-refractivity contribution in [1.82, 2.24) is 14.5 Å². The quantitative estimate of drug-likeness (QED) is 0.729. The van der Waals surface area contributed by atoms with Crippen LogP contribution in [-0.4, -0.2) is 38.5 Å². The topological polar surface area (TPSA) is 82.5 Å². The van der Waals surface area contributed by atoms with Crippen molar-refractivity contribution in [3.05, 3.63) is 48.3 Å². The van der Waals surface area contributed by atoms with Crippen molar-refractivity contribution >= 4 is 10.0 Å². The fourth-order valence-corrected chi connectivity index (χ4v) is 4.44. The molecule has 0 atom stereocenters. The normalized spacial score (nSPS) is 13.5. The van der Waals surface area contributed by atoms with Crippen molar-refractivity contribution in [2.45, 2.75) is 11.8 Å². The lowest BCUT2D eigenvalue weighted by molar-refractivity contribution is 0.171. The third kappa shape index (κ3) is 3.14. The average Bonchev–Trinajstić information content (AvgIpc) is 3.13. The van der Waals surface area contributed by atoms with Gasteiger partial charge in [-0.1, -0.05) is 12.1 Å². The van der Waals surface area contributed by atoms with Crippen molar-refractivity contribution in [2.75, 3.05) is 20.3 Å². The van der Waals surface area contributed by atoms with Crippen LogP contribution < -0.4 is 14.2 Å². The first kappa shape index (κ1) is 18.5. The number of sulfonamides is 1.